The molecule has 0 aromatic carbocycles. The molecule has 0 bridgehead atoms. The van der Waals surface area contributed by atoms with Crippen LogP contribution in [0.1, 0.15) is 19.8 Å². The summed E-state index contributed by atoms with van der Waals surface area (Å²) in [6.45, 7) is 1.92. The fourth-order valence-corrected chi connectivity index (χ4v) is 1.28. The van der Waals surface area contributed by atoms with E-state index in [9.17, 15) is 5.11 Å². The van der Waals surface area contributed by atoms with Crippen LogP contribution in [0.2, 0.25) is 0 Å². The van der Waals surface area contributed by atoms with Crippen LogP contribution in [-0.2, 0) is 4.42 Å². The largest absolute Gasteiger partial charge is 0.504 e. The molecule has 1 heterocycles. The van der Waals surface area contributed by atoms with Crippen molar-refractivity contribution in [3.63, 3.8) is 0 Å². The topological polar surface area (TPSA) is 31.5 Å². The zero-order valence-electron chi connectivity index (χ0n) is 5.35. The van der Waals surface area contributed by atoms with E-state index in [2.05, 4.69) is 0 Å². The molecule has 0 aromatic rings. The summed E-state index contributed by atoms with van der Waals surface area (Å²) in [5, 5.41) is 9.21. The number of ketones is 1. The molecule has 1 aliphatic heterocycles. The number of rotatable bonds is 0. The Balaban J connectivity index is 2.40. The number of allylic oxidation sites excluding steroid dienone is 1. The first-order chi connectivity index (χ1) is 4.26. The van der Waals surface area contributed by atoms with Gasteiger partial charge in [0.15, 0.2) is 0 Å². The van der Waals surface area contributed by atoms with Crippen LogP contribution in [0.3, 0.4) is 0 Å². The molecule has 0 saturated heterocycles. The summed E-state index contributed by atoms with van der Waals surface area (Å²) in [5.41, 5.74) is -0.0278. The molecule has 0 radical (unpaired) electrons. The van der Waals surface area contributed by atoms with Gasteiger partial charge in [0.25, 0.3) is 0 Å². The highest BCUT2D eigenvalue weighted by atomic mass is 16.4. The van der Waals surface area contributed by atoms with Crippen molar-refractivity contribution in [2.75, 3.05) is 0 Å². The number of carbonyl (C=O) groups excluding carboxylic acids is 1. The molecule has 0 amide bonds. The monoisotopic (exact) mass is 125 g/mol. The number of hydrogen-bond donors (Lipinski definition) is 1. The van der Waals surface area contributed by atoms with Gasteiger partial charge in [-0.15, -0.1) is 0 Å². The average Bonchev–Trinajstić information content (AvgIpc) is 2.56. The van der Waals surface area contributed by atoms with Gasteiger partial charge in [-0.05, 0) is 12.8 Å². The molecular formula is C7H9O2+. The first-order valence-electron chi connectivity index (χ1n) is 3.16. The zero-order chi connectivity index (χ0) is 6.48. The molecule has 0 atom stereocenters. The van der Waals surface area contributed by atoms with Crippen molar-refractivity contribution in [2.45, 2.75) is 19.8 Å². The second-order valence-corrected chi connectivity index (χ2v) is 2.76. The van der Waals surface area contributed by atoms with Crippen molar-refractivity contribution in [2.24, 2.45) is 5.41 Å². The molecule has 1 N–H and O–H groups in total. The molecule has 1 aliphatic carbocycles. The summed E-state index contributed by atoms with van der Waals surface area (Å²) in [6.07, 6.45) is 3.56. The maximum Gasteiger partial charge on any atom is 0.356 e. The molecule has 1 fully saturated rings. The summed E-state index contributed by atoms with van der Waals surface area (Å²) in [5.74, 6) is 1.38. The summed E-state index contributed by atoms with van der Waals surface area (Å²) >= 11 is 0. The van der Waals surface area contributed by atoms with Gasteiger partial charge in [0, 0.05) is 6.92 Å². The molecule has 0 unspecified atom stereocenters. The second-order valence-electron chi connectivity index (χ2n) is 2.76. The van der Waals surface area contributed by atoms with E-state index < -0.39 is 0 Å². The fourth-order valence-electron chi connectivity index (χ4n) is 1.28. The van der Waals surface area contributed by atoms with E-state index in [-0.39, 0.29) is 5.41 Å². The molecule has 1 spiro atoms. The van der Waals surface area contributed by atoms with E-state index in [1.165, 1.54) is 6.26 Å². The molecule has 48 valence electrons. The van der Waals surface area contributed by atoms with Crippen LogP contribution in [-0.4, -0.2) is 10.9 Å². The Bertz CT molecular complexity index is 189. The van der Waals surface area contributed by atoms with Gasteiger partial charge in [0.2, 0.25) is 5.76 Å². The summed E-state index contributed by atoms with van der Waals surface area (Å²) in [6, 6.07) is 0. The molecule has 2 heteroatoms. The van der Waals surface area contributed by atoms with Crippen LogP contribution in [0.5, 0.6) is 0 Å². The zero-order valence-corrected chi connectivity index (χ0v) is 5.35. The first-order valence-corrected chi connectivity index (χ1v) is 3.16. The van der Waals surface area contributed by atoms with Gasteiger partial charge in [0.1, 0.15) is 5.41 Å². The molecule has 9 heavy (non-hydrogen) atoms. The van der Waals surface area contributed by atoms with Gasteiger partial charge in [0.05, 0.1) is 0 Å². The summed E-state index contributed by atoms with van der Waals surface area (Å²) in [4.78, 5) is 0. The Morgan fingerprint density at radius 1 is 1.67 bits per heavy atom. The number of hydrogen-bond acceptors (Lipinski definition) is 1. The average molecular weight is 125 g/mol. The molecular weight excluding hydrogens is 116 g/mol. The molecule has 2 rings (SSSR count). The molecule has 0 aromatic heterocycles. The quantitative estimate of drug-likeness (QED) is 0.486. The lowest BCUT2D eigenvalue weighted by atomic mass is 10.0. The lowest BCUT2D eigenvalue weighted by molar-refractivity contribution is -0.371. The third-order valence-electron chi connectivity index (χ3n) is 2.26. The van der Waals surface area contributed by atoms with Crippen molar-refractivity contribution in [3.05, 3.63) is 12.0 Å². The maximum atomic E-state index is 9.21. The summed E-state index contributed by atoms with van der Waals surface area (Å²) in [7, 11) is 0. The smallest absolute Gasteiger partial charge is 0.356 e. The Labute approximate surface area is 53.5 Å². The van der Waals surface area contributed by atoms with E-state index in [4.69, 9.17) is 4.42 Å². The van der Waals surface area contributed by atoms with Gasteiger partial charge < -0.3 is 5.11 Å². The van der Waals surface area contributed by atoms with E-state index >= 15 is 0 Å². The Hall–Kier alpha value is -0.790. The minimum atomic E-state index is -0.0278. The maximum absolute atomic E-state index is 9.21. The van der Waals surface area contributed by atoms with Crippen molar-refractivity contribution in [1.29, 1.82) is 0 Å². The van der Waals surface area contributed by atoms with Crippen LogP contribution in [0.4, 0.5) is 0 Å². The predicted molar refractivity (Wildman–Crippen MR) is 33.1 cm³/mol. The van der Waals surface area contributed by atoms with Crippen LogP contribution in [0.15, 0.2) is 12.0 Å². The molecule has 1 saturated carbocycles. The van der Waals surface area contributed by atoms with Gasteiger partial charge >= 0.3 is 12.0 Å². The second kappa shape index (κ2) is 1.20. The van der Waals surface area contributed by atoms with Crippen molar-refractivity contribution >= 4 is 5.78 Å². The van der Waals surface area contributed by atoms with Crippen LogP contribution in [0, 0.1) is 5.41 Å². The van der Waals surface area contributed by atoms with E-state index in [0.29, 0.717) is 5.76 Å². The predicted octanol–water partition coefficient (Wildman–Crippen LogP) is 1.30. The highest BCUT2D eigenvalue weighted by molar-refractivity contribution is 5.89. The van der Waals surface area contributed by atoms with Crippen LogP contribution in [0.25, 0.3) is 0 Å². The van der Waals surface area contributed by atoms with Gasteiger partial charge in [-0.1, -0.05) is 0 Å². The first kappa shape index (κ1) is 5.03. The van der Waals surface area contributed by atoms with Crippen LogP contribution < -0.4 is 0 Å². The Kier molecular flexibility index (Phi) is 0.672. The SMILES string of the molecule is CC1=[O+]C=C(O)C12CC2. The number of aliphatic hydroxyl groups excluding tert-OH is 1. The highest BCUT2D eigenvalue weighted by Crippen LogP contribution is 2.53. The van der Waals surface area contributed by atoms with Crippen molar-refractivity contribution in [3.8, 4) is 0 Å². The van der Waals surface area contributed by atoms with Gasteiger partial charge in [-0.2, -0.15) is 0 Å². The highest BCUT2D eigenvalue weighted by Gasteiger charge is 2.60. The Morgan fingerprint density at radius 2 is 2.33 bits per heavy atom. The lowest BCUT2D eigenvalue weighted by Gasteiger charge is -1.94. The van der Waals surface area contributed by atoms with Crippen LogP contribution >= 0.6 is 0 Å². The third kappa shape index (κ3) is 0.435. The fraction of sp³-hybridized carbons (Fsp3) is 0.571. The standard InChI is InChI=1S/C7H8O2/c1-5-7(2-3-7)6(8)4-9-5/h4H,2-3H2,1H3/p+1. The lowest BCUT2D eigenvalue weighted by Crippen LogP contribution is -2.10. The minimum Gasteiger partial charge on any atom is -0.504 e. The van der Waals surface area contributed by atoms with Crippen molar-refractivity contribution in [1.82, 2.24) is 0 Å². The molecule has 2 aliphatic rings. The van der Waals surface area contributed by atoms with E-state index in [0.717, 1.165) is 18.6 Å². The van der Waals surface area contributed by atoms with E-state index in [1.54, 1.807) is 0 Å². The van der Waals surface area contributed by atoms with E-state index in [1.807, 2.05) is 6.92 Å². The van der Waals surface area contributed by atoms with Gasteiger partial charge in [-0.3, -0.25) is 0 Å². The van der Waals surface area contributed by atoms with Gasteiger partial charge in [-0.25, -0.2) is 4.42 Å². The van der Waals surface area contributed by atoms with Crippen molar-refractivity contribution < 1.29 is 9.53 Å². The minimum absolute atomic E-state index is 0.0278. The normalized spacial score (nSPS) is 28.1. The molecule has 2 nitrogen and oxygen atoms in total. The third-order valence-corrected chi connectivity index (χ3v) is 2.26. The summed E-state index contributed by atoms with van der Waals surface area (Å²) < 4.78 is 5.05. The number of aliphatic hydroxyl groups is 1. The Morgan fingerprint density at radius 3 is 2.56 bits per heavy atom.